The van der Waals surface area contributed by atoms with Crippen molar-refractivity contribution in [2.75, 3.05) is 30.7 Å². The van der Waals surface area contributed by atoms with Crippen molar-refractivity contribution in [3.05, 3.63) is 24.3 Å². The van der Waals surface area contributed by atoms with Gasteiger partial charge in [-0.3, -0.25) is 4.79 Å². The summed E-state index contributed by atoms with van der Waals surface area (Å²) < 4.78 is 0. The standard InChI is InChI=1S/C17H23N3OS/c1-13-9-14(2)11-20(10-13)12-17(21)19-15-5-3-4-6-16(15)22-8-7-18/h3-6,13-14H,8-12H2,1-2H3,(H,19,21)/p+1/t13-,14+. The number of nitrogens with zero attached hydrogens (tertiary/aromatic N) is 1. The van der Waals surface area contributed by atoms with Crippen molar-refractivity contribution < 1.29 is 9.69 Å². The highest BCUT2D eigenvalue weighted by Crippen LogP contribution is 2.26. The van der Waals surface area contributed by atoms with Gasteiger partial charge in [-0.2, -0.15) is 5.26 Å². The van der Waals surface area contributed by atoms with E-state index in [0.29, 0.717) is 24.1 Å². The molecule has 1 aromatic carbocycles. The Bertz CT molecular complexity index is 545. The summed E-state index contributed by atoms with van der Waals surface area (Å²) in [5.74, 6) is 1.82. The van der Waals surface area contributed by atoms with Crippen LogP contribution in [0.15, 0.2) is 29.2 Å². The van der Waals surface area contributed by atoms with Gasteiger partial charge in [-0.05, 0) is 18.6 Å². The molecule has 0 aromatic heterocycles. The molecule has 22 heavy (non-hydrogen) atoms. The molecule has 5 heteroatoms. The van der Waals surface area contributed by atoms with Gasteiger partial charge in [0.15, 0.2) is 6.54 Å². The number of hydrogen-bond donors (Lipinski definition) is 2. The zero-order valence-corrected chi connectivity index (χ0v) is 14.1. The van der Waals surface area contributed by atoms with Crippen LogP contribution in [0.2, 0.25) is 0 Å². The van der Waals surface area contributed by atoms with E-state index in [4.69, 9.17) is 5.26 Å². The van der Waals surface area contributed by atoms with Crippen LogP contribution in [0, 0.1) is 23.2 Å². The van der Waals surface area contributed by atoms with Gasteiger partial charge in [0.25, 0.3) is 5.91 Å². The quantitative estimate of drug-likeness (QED) is 0.814. The lowest BCUT2D eigenvalue weighted by molar-refractivity contribution is -0.904. The molecular formula is C17H24N3OS+. The molecule has 1 aromatic rings. The number of carbonyl (C=O) groups excluding carboxylic acids is 1. The van der Waals surface area contributed by atoms with Crippen molar-refractivity contribution in [3.8, 4) is 6.07 Å². The second-order valence-electron chi connectivity index (χ2n) is 6.27. The molecule has 1 heterocycles. The van der Waals surface area contributed by atoms with Crippen LogP contribution in [0.1, 0.15) is 20.3 Å². The summed E-state index contributed by atoms with van der Waals surface area (Å²) in [7, 11) is 0. The van der Waals surface area contributed by atoms with E-state index in [9.17, 15) is 4.79 Å². The molecule has 1 aliphatic rings. The largest absolute Gasteiger partial charge is 0.327 e. The molecule has 1 saturated heterocycles. The van der Waals surface area contributed by atoms with E-state index in [1.54, 1.807) is 0 Å². The summed E-state index contributed by atoms with van der Waals surface area (Å²) in [5, 5.41) is 11.7. The Morgan fingerprint density at radius 3 is 2.73 bits per heavy atom. The summed E-state index contributed by atoms with van der Waals surface area (Å²) in [5.41, 5.74) is 0.810. The smallest absolute Gasteiger partial charge is 0.279 e. The fourth-order valence-corrected chi connectivity index (χ4v) is 3.96. The second-order valence-corrected chi connectivity index (χ2v) is 7.29. The van der Waals surface area contributed by atoms with Crippen LogP contribution in [0.4, 0.5) is 5.69 Å². The van der Waals surface area contributed by atoms with E-state index in [2.05, 4.69) is 25.2 Å². The molecule has 1 unspecified atom stereocenters. The molecule has 3 atom stereocenters. The number of likely N-dealkylation sites (tertiary alicyclic amines) is 1. The minimum atomic E-state index is 0.0568. The van der Waals surface area contributed by atoms with Crippen LogP contribution in [-0.4, -0.2) is 31.3 Å². The molecule has 0 aliphatic carbocycles. The molecule has 1 fully saturated rings. The van der Waals surface area contributed by atoms with Crippen molar-refractivity contribution >= 4 is 23.4 Å². The number of nitriles is 1. The summed E-state index contributed by atoms with van der Waals surface area (Å²) in [6.07, 6.45) is 1.26. The third kappa shape index (κ3) is 5.04. The minimum absolute atomic E-state index is 0.0568. The van der Waals surface area contributed by atoms with E-state index in [1.807, 2.05) is 24.3 Å². The topological polar surface area (TPSA) is 57.3 Å². The Hall–Kier alpha value is -1.51. The van der Waals surface area contributed by atoms with Gasteiger partial charge in [0.2, 0.25) is 0 Å². The van der Waals surface area contributed by atoms with Crippen molar-refractivity contribution in [3.63, 3.8) is 0 Å². The van der Waals surface area contributed by atoms with Gasteiger partial charge in [-0.25, -0.2) is 0 Å². The third-order valence-corrected chi connectivity index (χ3v) is 4.88. The number of benzene rings is 1. The normalized spacial score (nSPS) is 24.5. The Balaban J connectivity index is 1.93. The van der Waals surface area contributed by atoms with Gasteiger partial charge in [-0.1, -0.05) is 26.0 Å². The first kappa shape index (κ1) is 16.9. The van der Waals surface area contributed by atoms with Gasteiger partial charge in [0, 0.05) is 16.7 Å². The summed E-state index contributed by atoms with van der Waals surface area (Å²) in [6.45, 7) is 7.19. The fourth-order valence-electron chi connectivity index (χ4n) is 3.29. The van der Waals surface area contributed by atoms with E-state index >= 15 is 0 Å². The highest BCUT2D eigenvalue weighted by atomic mass is 32.2. The van der Waals surface area contributed by atoms with Gasteiger partial charge < -0.3 is 10.2 Å². The number of nitrogens with one attached hydrogen (secondary N) is 2. The Labute approximate surface area is 136 Å². The zero-order chi connectivity index (χ0) is 15.9. The average molecular weight is 318 g/mol. The Morgan fingerprint density at radius 1 is 1.36 bits per heavy atom. The van der Waals surface area contributed by atoms with Crippen molar-refractivity contribution in [2.45, 2.75) is 25.2 Å². The molecule has 0 saturated carbocycles. The molecule has 1 aliphatic heterocycles. The first-order valence-electron chi connectivity index (χ1n) is 7.80. The van der Waals surface area contributed by atoms with Gasteiger partial charge >= 0.3 is 0 Å². The summed E-state index contributed by atoms with van der Waals surface area (Å²) in [6, 6.07) is 9.79. The van der Waals surface area contributed by atoms with Crippen LogP contribution in [-0.2, 0) is 4.79 Å². The maximum absolute atomic E-state index is 12.3. The number of quaternary nitrogens is 1. The highest BCUT2D eigenvalue weighted by molar-refractivity contribution is 7.99. The van der Waals surface area contributed by atoms with Crippen LogP contribution in [0.5, 0.6) is 0 Å². The number of carbonyl (C=O) groups is 1. The molecule has 2 N–H and O–H groups in total. The van der Waals surface area contributed by atoms with Crippen LogP contribution >= 0.6 is 11.8 Å². The van der Waals surface area contributed by atoms with Crippen molar-refractivity contribution in [2.24, 2.45) is 11.8 Å². The zero-order valence-electron chi connectivity index (χ0n) is 13.3. The SMILES string of the molecule is C[C@@H]1C[C@H](C)C[NH+](CC(=O)Nc2ccccc2SCC#N)C1. The number of rotatable bonds is 5. The van der Waals surface area contributed by atoms with Gasteiger partial charge in [-0.15, -0.1) is 11.8 Å². The number of para-hydroxylation sites is 1. The molecule has 0 bridgehead atoms. The van der Waals surface area contributed by atoms with E-state index in [1.165, 1.54) is 23.1 Å². The molecule has 4 nitrogen and oxygen atoms in total. The van der Waals surface area contributed by atoms with Gasteiger partial charge in [0.1, 0.15) is 0 Å². The Kier molecular flexibility index (Phi) is 6.29. The summed E-state index contributed by atoms with van der Waals surface area (Å²) in [4.78, 5) is 14.6. The lowest BCUT2D eigenvalue weighted by Gasteiger charge is -2.31. The molecular weight excluding hydrogens is 294 g/mol. The van der Waals surface area contributed by atoms with Crippen LogP contribution < -0.4 is 10.2 Å². The number of hydrogen-bond acceptors (Lipinski definition) is 3. The molecule has 0 radical (unpaired) electrons. The molecule has 0 spiro atoms. The van der Waals surface area contributed by atoms with Crippen molar-refractivity contribution in [1.29, 1.82) is 5.26 Å². The van der Waals surface area contributed by atoms with Crippen molar-refractivity contribution in [1.82, 2.24) is 0 Å². The Morgan fingerprint density at radius 2 is 2.05 bits per heavy atom. The highest BCUT2D eigenvalue weighted by Gasteiger charge is 2.26. The first-order chi connectivity index (χ1) is 10.6. The monoisotopic (exact) mass is 318 g/mol. The number of piperidine rings is 1. The minimum Gasteiger partial charge on any atom is -0.327 e. The molecule has 2 rings (SSSR count). The first-order valence-corrected chi connectivity index (χ1v) is 8.79. The second kappa shape index (κ2) is 8.21. The maximum Gasteiger partial charge on any atom is 0.279 e. The predicted molar refractivity (Wildman–Crippen MR) is 89.9 cm³/mol. The third-order valence-electron chi connectivity index (χ3n) is 3.94. The number of thioether (sulfide) groups is 1. The lowest BCUT2D eigenvalue weighted by atomic mass is 9.92. The average Bonchev–Trinajstić information content (AvgIpc) is 2.45. The van der Waals surface area contributed by atoms with Gasteiger partial charge in [0.05, 0.1) is 30.6 Å². The van der Waals surface area contributed by atoms with Crippen LogP contribution in [0.3, 0.4) is 0 Å². The molecule has 118 valence electrons. The van der Waals surface area contributed by atoms with Crippen LogP contribution in [0.25, 0.3) is 0 Å². The van der Waals surface area contributed by atoms with E-state index in [-0.39, 0.29) is 5.91 Å². The fraction of sp³-hybridized carbons (Fsp3) is 0.529. The number of amides is 1. The summed E-state index contributed by atoms with van der Waals surface area (Å²) >= 11 is 1.45. The predicted octanol–water partition coefficient (Wildman–Crippen LogP) is 1.80. The maximum atomic E-state index is 12.3. The lowest BCUT2D eigenvalue weighted by Crippen LogP contribution is -3.15. The molecule has 1 amide bonds. The van der Waals surface area contributed by atoms with E-state index in [0.717, 1.165) is 23.7 Å². The number of anilines is 1. The van der Waals surface area contributed by atoms with E-state index < -0.39 is 0 Å².